The second-order valence-corrected chi connectivity index (χ2v) is 4.58. The first-order valence-electron chi connectivity index (χ1n) is 7.46. The summed E-state index contributed by atoms with van der Waals surface area (Å²) in [6, 6.07) is 8.07. The van der Waals surface area contributed by atoms with Crippen molar-refractivity contribution in [3.8, 4) is 0 Å². The molecule has 8 heteroatoms. The molecular formula is C17H18O8. The number of rotatable bonds is 5. The third-order valence-electron chi connectivity index (χ3n) is 2.77. The van der Waals surface area contributed by atoms with Gasteiger partial charge >= 0.3 is 23.5 Å². The number of carboxylic acid groups (broad SMARTS) is 1. The lowest BCUT2D eigenvalue weighted by Gasteiger charge is -2.00. The summed E-state index contributed by atoms with van der Waals surface area (Å²) in [5.74, 6) is -2.35. The first-order valence-corrected chi connectivity index (χ1v) is 7.46. The van der Waals surface area contributed by atoms with E-state index in [9.17, 15) is 19.2 Å². The van der Waals surface area contributed by atoms with Gasteiger partial charge in [-0.2, -0.15) is 0 Å². The van der Waals surface area contributed by atoms with Crippen LogP contribution in [0.4, 0.5) is 0 Å². The maximum absolute atomic E-state index is 11.1. The Hall–Kier alpha value is -3.16. The molecule has 1 N–H and O–H groups in total. The molecule has 0 aliphatic rings. The Morgan fingerprint density at radius 1 is 1.04 bits per heavy atom. The van der Waals surface area contributed by atoms with Crippen LogP contribution >= 0.6 is 0 Å². The van der Waals surface area contributed by atoms with Crippen LogP contribution in [0, 0.1) is 0 Å². The Morgan fingerprint density at radius 3 is 2.12 bits per heavy atom. The molecule has 1 aromatic carbocycles. The van der Waals surface area contributed by atoms with Crippen molar-refractivity contribution in [2.45, 2.75) is 20.3 Å². The van der Waals surface area contributed by atoms with Gasteiger partial charge in [0.05, 0.1) is 13.2 Å². The Kier molecular flexibility index (Phi) is 7.85. The summed E-state index contributed by atoms with van der Waals surface area (Å²) in [7, 11) is 0. The molecule has 0 radical (unpaired) electrons. The monoisotopic (exact) mass is 350 g/mol. The van der Waals surface area contributed by atoms with Crippen molar-refractivity contribution in [2.75, 3.05) is 13.2 Å². The predicted molar refractivity (Wildman–Crippen MR) is 87.3 cm³/mol. The standard InChI is InChI=1S/C10H6O4.C7H12O4/c11-9(12)7-5-6-3-1-2-4-8(6)14-10(7)13;1-3-10-6(8)5-7(9)11-4-2/h1-5H,(H,11,12);3-5H2,1-2H3. The van der Waals surface area contributed by atoms with Gasteiger partial charge in [-0.05, 0) is 26.0 Å². The molecular weight excluding hydrogens is 332 g/mol. The van der Waals surface area contributed by atoms with Gasteiger partial charge in [0.2, 0.25) is 0 Å². The number of para-hydroxylation sites is 1. The van der Waals surface area contributed by atoms with Gasteiger partial charge in [0.25, 0.3) is 0 Å². The molecule has 0 aliphatic carbocycles. The summed E-state index contributed by atoms with van der Waals surface area (Å²) in [5, 5.41) is 9.27. The minimum Gasteiger partial charge on any atom is -0.477 e. The van der Waals surface area contributed by atoms with Gasteiger partial charge in [0.1, 0.15) is 17.6 Å². The van der Waals surface area contributed by atoms with Crippen molar-refractivity contribution >= 4 is 28.9 Å². The number of fused-ring (bicyclic) bond motifs is 1. The summed E-state index contributed by atoms with van der Waals surface area (Å²) < 4.78 is 13.9. The van der Waals surface area contributed by atoms with Crippen molar-refractivity contribution in [3.05, 3.63) is 46.3 Å². The number of carboxylic acids is 1. The average Bonchev–Trinajstić information content (AvgIpc) is 2.55. The van der Waals surface area contributed by atoms with Gasteiger partial charge in [0, 0.05) is 5.39 Å². The fourth-order valence-corrected chi connectivity index (χ4v) is 1.75. The molecule has 0 atom stereocenters. The van der Waals surface area contributed by atoms with E-state index in [1.54, 1.807) is 38.1 Å². The lowest BCUT2D eigenvalue weighted by molar-refractivity contribution is -0.153. The predicted octanol–water partition coefficient (Wildman–Crippen LogP) is 1.99. The van der Waals surface area contributed by atoms with Crippen molar-refractivity contribution < 1.29 is 33.4 Å². The molecule has 1 heterocycles. The first-order chi connectivity index (χ1) is 11.9. The highest BCUT2D eigenvalue weighted by molar-refractivity contribution is 5.91. The van der Waals surface area contributed by atoms with Crippen LogP contribution in [0.25, 0.3) is 11.0 Å². The molecule has 0 unspecified atom stereocenters. The van der Waals surface area contributed by atoms with Gasteiger partial charge in [-0.3, -0.25) is 9.59 Å². The van der Waals surface area contributed by atoms with Gasteiger partial charge in [0.15, 0.2) is 0 Å². The van der Waals surface area contributed by atoms with Crippen LogP contribution in [0.1, 0.15) is 30.6 Å². The molecule has 0 saturated carbocycles. The van der Waals surface area contributed by atoms with E-state index in [-0.39, 0.29) is 25.2 Å². The number of hydrogen-bond donors (Lipinski definition) is 1. The summed E-state index contributed by atoms with van der Waals surface area (Å²) in [6.07, 6.45) is -0.290. The zero-order valence-electron chi connectivity index (χ0n) is 13.8. The Morgan fingerprint density at radius 2 is 1.60 bits per heavy atom. The highest BCUT2D eigenvalue weighted by Crippen LogP contribution is 2.12. The third kappa shape index (κ3) is 6.46. The number of esters is 2. The van der Waals surface area contributed by atoms with Crippen molar-refractivity contribution in [1.29, 1.82) is 0 Å². The fourth-order valence-electron chi connectivity index (χ4n) is 1.75. The van der Waals surface area contributed by atoms with E-state index in [0.29, 0.717) is 11.0 Å². The SMILES string of the molecule is CCOC(=O)CC(=O)OCC.O=C(O)c1cc2ccccc2oc1=O. The molecule has 2 rings (SSSR count). The third-order valence-corrected chi connectivity index (χ3v) is 2.77. The Bertz CT molecular complexity index is 790. The van der Waals surface area contributed by atoms with Gasteiger partial charge in [-0.15, -0.1) is 0 Å². The molecule has 8 nitrogen and oxygen atoms in total. The number of aromatic carboxylic acids is 1. The maximum Gasteiger partial charge on any atom is 0.351 e. The first kappa shape index (κ1) is 19.9. The van der Waals surface area contributed by atoms with Crippen LogP contribution < -0.4 is 5.63 Å². The van der Waals surface area contributed by atoms with Crippen LogP contribution in [0.15, 0.2) is 39.5 Å². The van der Waals surface area contributed by atoms with E-state index in [1.165, 1.54) is 6.07 Å². The Balaban J connectivity index is 0.000000260. The molecule has 0 spiro atoms. The van der Waals surface area contributed by atoms with Gasteiger partial charge in [-0.1, -0.05) is 18.2 Å². The lowest BCUT2D eigenvalue weighted by Crippen LogP contribution is -2.13. The molecule has 134 valence electrons. The van der Waals surface area contributed by atoms with E-state index >= 15 is 0 Å². The quantitative estimate of drug-likeness (QED) is 0.494. The number of carbonyl (C=O) groups is 3. The topological polar surface area (TPSA) is 120 Å². The normalized spacial score (nSPS) is 9.68. The molecule has 2 aromatic rings. The van der Waals surface area contributed by atoms with E-state index < -0.39 is 23.5 Å². The molecule has 0 fully saturated rings. The van der Waals surface area contributed by atoms with E-state index in [2.05, 4.69) is 9.47 Å². The largest absolute Gasteiger partial charge is 0.477 e. The minimum absolute atomic E-state index is 0.290. The van der Waals surface area contributed by atoms with Crippen molar-refractivity contribution in [3.63, 3.8) is 0 Å². The molecule has 0 aliphatic heterocycles. The fraction of sp³-hybridized carbons (Fsp3) is 0.294. The zero-order chi connectivity index (χ0) is 18.8. The number of hydrogen-bond acceptors (Lipinski definition) is 7. The van der Waals surface area contributed by atoms with E-state index in [0.717, 1.165) is 0 Å². The minimum atomic E-state index is -1.27. The van der Waals surface area contributed by atoms with Crippen LogP contribution in [0.5, 0.6) is 0 Å². The Labute approximate surface area is 143 Å². The van der Waals surface area contributed by atoms with Crippen LogP contribution in [0.3, 0.4) is 0 Å². The summed E-state index contributed by atoms with van der Waals surface area (Å²) in [5.41, 5.74) is -0.776. The van der Waals surface area contributed by atoms with Crippen molar-refractivity contribution in [1.82, 2.24) is 0 Å². The van der Waals surface area contributed by atoms with Crippen LogP contribution in [-0.4, -0.2) is 36.2 Å². The smallest absolute Gasteiger partial charge is 0.351 e. The highest BCUT2D eigenvalue weighted by atomic mass is 16.6. The zero-order valence-corrected chi connectivity index (χ0v) is 13.8. The average molecular weight is 350 g/mol. The molecule has 0 saturated heterocycles. The van der Waals surface area contributed by atoms with Crippen LogP contribution in [0.2, 0.25) is 0 Å². The number of benzene rings is 1. The molecule has 0 bridgehead atoms. The molecule has 25 heavy (non-hydrogen) atoms. The summed E-state index contributed by atoms with van der Waals surface area (Å²) in [4.78, 5) is 42.9. The number of carbonyl (C=O) groups excluding carboxylic acids is 2. The summed E-state index contributed by atoms with van der Waals surface area (Å²) >= 11 is 0. The van der Waals surface area contributed by atoms with E-state index in [4.69, 9.17) is 9.52 Å². The van der Waals surface area contributed by atoms with E-state index in [1.807, 2.05) is 0 Å². The second kappa shape index (κ2) is 9.86. The molecule has 1 aromatic heterocycles. The van der Waals surface area contributed by atoms with Gasteiger partial charge in [-0.25, -0.2) is 9.59 Å². The lowest BCUT2D eigenvalue weighted by atomic mass is 10.2. The van der Waals surface area contributed by atoms with Crippen LogP contribution in [-0.2, 0) is 19.1 Å². The summed E-state index contributed by atoms with van der Waals surface area (Å²) in [6.45, 7) is 3.95. The van der Waals surface area contributed by atoms with Gasteiger partial charge < -0.3 is 19.0 Å². The molecule has 0 amide bonds. The van der Waals surface area contributed by atoms with Crippen molar-refractivity contribution in [2.24, 2.45) is 0 Å². The highest BCUT2D eigenvalue weighted by Gasteiger charge is 2.11. The second-order valence-electron chi connectivity index (χ2n) is 4.58. The number of ether oxygens (including phenoxy) is 2. The maximum atomic E-state index is 11.1.